The number of benzene rings is 1. The lowest BCUT2D eigenvalue weighted by Crippen LogP contribution is -2.56. The number of hydrogen-bond donors (Lipinski definition) is 3. The molecule has 188 valence electrons. The molecule has 1 aromatic carbocycles. The number of piperidine rings is 1. The average Bonchev–Trinajstić information content (AvgIpc) is 3.28. The zero-order valence-corrected chi connectivity index (χ0v) is 20.3. The minimum Gasteiger partial charge on any atom is -0.479 e. The summed E-state index contributed by atoms with van der Waals surface area (Å²) in [6.07, 6.45) is 3.65. The van der Waals surface area contributed by atoms with Crippen LogP contribution in [-0.2, 0) is 0 Å². The maximum atomic E-state index is 15.8. The molecular formula is C24H32F2N8O. The van der Waals surface area contributed by atoms with Gasteiger partial charge in [-0.15, -0.1) is 5.10 Å². The van der Waals surface area contributed by atoms with E-state index in [1.165, 1.54) is 7.11 Å². The van der Waals surface area contributed by atoms with Crippen molar-refractivity contribution in [3.8, 4) is 17.0 Å². The van der Waals surface area contributed by atoms with Gasteiger partial charge in [-0.1, -0.05) is 19.4 Å². The average molecular weight is 487 g/mol. The standard InChI is InChI=1S/C24H32F2N8O/c1-4-9-24(26)15-33(2)12-8-20(24)29-23-30-22(35-3)21-17(7-13-34(21)32-23)16-5-6-18(31-27)19(14-16)28-11-10-25/h5-7,13-14,20,27-28H,4,8-12,15H2,1-3H3,(H,29,32)/t20-,24?/m1/s1. The Morgan fingerprint density at radius 3 is 2.89 bits per heavy atom. The second kappa shape index (κ2) is 10.5. The maximum absolute atomic E-state index is 15.8. The number of anilines is 2. The Hall–Kier alpha value is -3.34. The summed E-state index contributed by atoms with van der Waals surface area (Å²) in [6.45, 7) is 2.73. The quantitative estimate of drug-likeness (QED) is 0.346. The number of rotatable bonds is 10. The highest BCUT2D eigenvalue weighted by molar-refractivity contribution is 5.87. The van der Waals surface area contributed by atoms with Crippen LogP contribution in [0.3, 0.4) is 0 Å². The summed E-state index contributed by atoms with van der Waals surface area (Å²) in [5, 5.41) is 14.3. The molecule has 4 rings (SSSR count). The van der Waals surface area contributed by atoms with Gasteiger partial charge in [-0.25, -0.2) is 18.8 Å². The molecule has 0 aliphatic carbocycles. The number of hydrogen-bond acceptors (Lipinski definition) is 8. The van der Waals surface area contributed by atoms with Crippen LogP contribution < -0.4 is 15.4 Å². The van der Waals surface area contributed by atoms with E-state index in [0.29, 0.717) is 48.1 Å². The molecule has 0 spiro atoms. The molecule has 0 radical (unpaired) electrons. The fourth-order valence-corrected chi connectivity index (χ4v) is 4.83. The minimum atomic E-state index is -1.37. The zero-order chi connectivity index (χ0) is 25.0. The predicted molar refractivity (Wildman–Crippen MR) is 133 cm³/mol. The highest BCUT2D eigenvalue weighted by atomic mass is 19.1. The summed E-state index contributed by atoms with van der Waals surface area (Å²) in [4.78, 5) is 6.58. The van der Waals surface area contributed by atoms with Crippen LogP contribution in [0.2, 0.25) is 0 Å². The van der Waals surface area contributed by atoms with E-state index >= 15 is 4.39 Å². The van der Waals surface area contributed by atoms with Crippen LogP contribution in [0, 0.1) is 5.53 Å². The molecule has 1 saturated heterocycles. The van der Waals surface area contributed by atoms with Crippen LogP contribution in [-0.4, -0.2) is 71.7 Å². The molecule has 9 nitrogen and oxygen atoms in total. The van der Waals surface area contributed by atoms with E-state index in [4.69, 9.17) is 10.3 Å². The van der Waals surface area contributed by atoms with Crippen molar-refractivity contribution in [2.24, 2.45) is 5.11 Å². The number of aromatic nitrogens is 3. The highest BCUT2D eigenvalue weighted by Crippen LogP contribution is 2.37. The number of nitrogens with one attached hydrogen (secondary N) is 3. The van der Waals surface area contributed by atoms with E-state index in [1.807, 2.05) is 37.1 Å². The minimum absolute atomic E-state index is 0.120. The Morgan fingerprint density at radius 1 is 1.34 bits per heavy atom. The third-order valence-corrected chi connectivity index (χ3v) is 6.44. The molecule has 35 heavy (non-hydrogen) atoms. The van der Waals surface area contributed by atoms with Gasteiger partial charge >= 0.3 is 0 Å². The van der Waals surface area contributed by atoms with Crippen molar-refractivity contribution in [2.45, 2.75) is 37.9 Å². The lowest BCUT2D eigenvalue weighted by Gasteiger charge is -2.42. The van der Waals surface area contributed by atoms with E-state index in [-0.39, 0.29) is 6.54 Å². The van der Waals surface area contributed by atoms with Crippen molar-refractivity contribution in [1.82, 2.24) is 19.5 Å². The fraction of sp³-hybridized carbons (Fsp3) is 0.500. The van der Waals surface area contributed by atoms with E-state index in [9.17, 15) is 4.39 Å². The van der Waals surface area contributed by atoms with Gasteiger partial charge in [0.25, 0.3) is 0 Å². The first-order valence-electron chi connectivity index (χ1n) is 11.8. The van der Waals surface area contributed by atoms with Crippen molar-refractivity contribution >= 4 is 22.8 Å². The zero-order valence-electron chi connectivity index (χ0n) is 20.3. The Balaban J connectivity index is 1.69. The molecule has 2 aromatic heterocycles. The van der Waals surface area contributed by atoms with E-state index in [1.54, 1.807) is 16.8 Å². The van der Waals surface area contributed by atoms with Crippen molar-refractivity contribution in [1.29, 1.82) is 5.53 Å². The monoisotopic (exact) mass is 486 g/mol. The summed E-state index contributed by atoms with van der Waals surface area (Å²) in [6, 6.07) is 6.82. The van der Waals surface area contributed by atoms with E-state index in [2.05, 4.69) is 25.8 Å². The van der Waals surface area contributed by atoms with Crippen LogP contribution in [0.4, 0.5) is 26.1 Å². The number of halogens is 2. The van der Waals surface area contributed by atoms with E-state index in [0.717, 1.165) is 24.1 Å². The molecule has 3 heterocycles. The third-order valence-electron chi connectivity index (χ3n) is 6.44. The Morgan fingerprint density at radius 2 is 2.17 bits per heavy atom. The summed E-state index contributed by atoms with van der Waals surface area (Å²) in [5.41, 5.74) is 9.23. The number of likely N-dealkylation sites (tertiary alicyclic amines) is 1. The van der Waals surface area contributed by atoms with Gasteiger partial charge in [0.2, 0.25) is 11.8 Å². The fourth-order valence-electron chi connectivity index (χ4n) is 4.83. The van der Waals surface area contributed by atoms with Crippen LogP contribution in [0.25, 0.3) is 16.6 Å². The van der Waals surface area contributed by atoms with Crippen molar-refractivity contribution < 1.29 is 13.5 Å². The van der Waals surface area contributed by atoms with Gasteiger partial charge in [0.15, 0.2) is 0 Å². The van der Waals surface area contributed by atoms with Crippen molar-refractivity contribution in [3.63, 3.8) is 0 Å². The predicted octanol–water partition coefficient (Wildman–Crippen LogP) is 5.07. The van der Waals surface area contributed by atoms with Gasteiger partial charge in [0, 0.05) is 31.4 Å². The molecule has 1 fully saturated rings. The SMILES string of the molecule is CCCC1(F)CN(C)CC[C@H]1Nc1nc(OC)c2c(-c3ccc(N=N)c(NCCF)c3)ccn2n1. The van der Waals surface area contributed by atoms with Crippen LogP contribution in [0.15, 0.2) is 35.6 Å². The van der Waals surface area contributed by atoms with Crippen LogP contribution in [0.1, 0.15) is 26.2 Å². The molecule has 0 bridgehead atoms. The smallest absolute Gasteiger partial charge is 0.244 e. The van der Waals surface area contributed by atoms with Crippen LogP contribution in [0.5, 0.6) is 5.88 Å². The molecule has 1 aliphatic rings. The summed E-state index contributed by atoms with van der Waals surface area (Å²) < 4.78 is 35.8. The summed E-state index contributed by atoms with van der Waals surface area (Å²) >= 11 is 0. The number of methoxy groups -OCH3 is 1. The Labute approximate surface area is 203 Å². The molecule has 11 heteroatoms. The molecule has 1 aliphatic heterocycles. The lowest BCUT2D eigenvalue weighted by molar-refractivity contribution is 0.0373. The molecule has 3 N–H and O–H groups in total. The molecule has 2 atom stereocenters. The maximum Gasteiger partial charge on any atom is 0.244 e. The molecule has 0 amide bonds. The van der Waals surface area contributed by atoms with Gasteiger partial charge in [-0.2, -0.15) is 10.1 Å². The normalized spacial score (nSPS) is 20.7. The van der Waals surface area contributed by atoms with Gasteiger partial charge in [0.1, 0.15) is 23.5 Å². The summed E-state index contributed by atoms with van der Waals surface area (Å²) in [5.74, 6) is 0.653. The largest absolute Gasteiger partial charge is 0.479 e. The highest BCUT2D eigenvalue weighted by Gasteiger charge is 2.43. The summed E-state index contributed by atoms with van der Waals surface area (Å²) in [7, 11) is 3.47. The number of nitrogens with zero attached hydrogens (tertiary/aromatic N) is 5. The Bertz CT molecular complexity index is 1190. The first kappa shape index (κ1) is 24.8. The van der Waals surface area contributed by atoms with Crippen molar-refractivity contribution in [3.05, 3.63) is 30.5 Å². The van der Waals surface area contributed by atoms with E-state index < -0.39 is 18.4 Å². The van der Waals surface area contributed by atoms with Crippen molar-refractivity contribution in [2.75, 3.05) is 51.1 Å². The number of alkyl halides is 2. The van der Waals surface area contributed by atoms with Gasteiger partial charge in [0.05, 0.1) is 18.8 Å². The first-order valence-corrected chi connectivity index (χ1v) is 11.8. The Kier molecular flexibility index (Phi) is 7.44. The number of fused-ring (bicyclic) bond motifs is 1. The third kappa shape index (κ3) is 5.04. The first-order chi connectivity index (χ1) is 16.9. The van der Waals surface area contributed by atoms with Gasteiger partial charge in [-0.3, -0.25) is 0 Å². The number of ether oxygens (including phenoxy) is 1. The topological polar surface area (TPSA) is 103 Å². The lowest BCUT2D eigenvalue weighted by atomic mass is 9.85. The van der Waals surface area contributed by atoms with Gasteiger partial charge in [-0.05, 0) is 43.7 Å². The molecule has 1 unspecified atom stereocenters. The molecule has 0 saturated carbocycles. The second-order valence-corrected chi connectivity index (χ2v) is 8.93. The molecule has 3 aromatic rings. The van der Waals surface area contributed by atoms with Gasteiger partial charge < -0.3 is 20.3 Å². The van der Waals surface area contributed by atoms with Crippen LogP contribution >= 0.6 is 0 Å². The molecular weight excluding hydrogens is 454 g/mol. The second-order valence-electron chi connectivity index (χ2n) is 8.93.